The number of methoxy groups -OCH3 is 1. The fourth-order valence-corrected chi connectivity index (χ4v) is 3.45. The summed E-state index contributed by atoms with van der Waals surface area (Å²) in [4.78, 5) is 8.74. The Bertz CT molecular complexity index is 1000. The molecule has 1 aliphatic rings. The Labute approximate surface area is 176 Å². The smallest absolute Gasteiger partial charge is 0.222 e. The Kier molecular flexibility index (Phi) is 6.29. The number of aromatic nitrogens is 4. The number of rotatable bonds is 10. The van der Waals surface area contributed by atoms with Crippen LogP contribution in [0.15, 0.2) is 24.4 Å². The average molecular weight is 412 g/mol. The summed E-state index contributed by atoms with van der Waals surface area (Å²) in [5.74, 6) is 1.79. The quantitative estimate of drug-likeness (QED) is 0.435. The van der Waals surface area contributed by atoms with E-state index in [1.165, 1.54) is 5.56 Å². The lowest BCUT2D eigenvalue weighted by atomic mass is 10.1. The van der Waals surface area contributed by atoms with Gasteiger partial charge < -0.3 is 25.8 Å². The first-order chi connectivity index (χ1) is 14.7. The van der Waals surface area contributed by atoms with Crippen LogP contribution in [0.2, 0.25) is 0 Å². The predicted octanol–water partition coefficient (Wildman–Crippen LogP) is 2.17. The molecule has 1 saturated heterocycles. The second-order valence-electron chi connectivity index (χ2n) is 7.51. The van der Waals surface area contributed by atoms with Gasteiger partial charge in [0.2, 0.25) is 5.95 Å². The zero-order chi connectivity index (χ0) is 20.9. The average Bonchev–Trinajstić information content (AvgIpc) is 3.10. The van der Waals surface area contributed by atoms with E-state index in [0.717, 1.165) is 61.5 Å². The van der Waals surface area contributed by atoms with Crippen LogP contribution in [-0.4, -0.2) is 52.7 Å². The largest absolute Gasteiger partial charge is 0.496 e. The normalized spacial score (nSPS) is 14.1. The number of ether oxygens (including phenoxy) is 2. The Morgan fingerprint density at radius 1 is 1.30 bits per heavy atom. The van der Waals surface area contributed by atoms with Crippen LogP contribution in [0, 0.1) is 0 Å². The maximum atomic E-state index is 5.88. The third-order valence-corrected chi connectivity index (χ3v) is 5.23. The van der Waals surface area contributed by atoms with Gasteiger partial charge in [0.1, 0.15) is 16.8 Å². The fourth-order valence-electron chi connectivity index (χ4n) is 3.45. The van der Waals surface area contributed by atoms with Crippen LogP contribution in [-0.2, 0) is 17.8 Å². The summed E-state index contributed by atoms with van der Waals surface area (Å²) in [7, 11) is 1.69. The molecule has 1 fully saturated rings. The molecule has 0 unspecified atom stereocenters. The van der Waals surface area contributed by atoms with Gasteiger partial charge in [-0.05, 0) is 18.1 Å². The van der Waals surface area contributed by atoms with E-state index < -0.39 is 0 Å². The lowest BCUT2D eigenvalue weighted by Gasteiger charge is -2.27. The van der Waals surface area contributed by atoms with Crippen molar-refractivity contribution in [2.24, 2.45) is 0 Å². The summed E-state index contributed by atoms with van der Waals surface area (Å²) in [5, 5.41) is 11.4. The van der Waals surface area contributed by atoms with E-state index in [9.17, 15) is 0 Å². The molecule has 1 aliphatic heterocycles. The molecular formula is C21H29N7O2. The number of nitrogens with two attached hydrogens (primary N) is 1. The second-order valence-corrected chi connectivity index (χ2v) is 7.51. The van der Waals surface area contributed by atoms with Crippen molar-refractivity contribution in [3.8, 4) is 5.75 Å². The first-order valence-electron chi connectivity index (χ1n) is 10.4. The molecule has 30 heavy (non-hydrogen) atoms. The molecule has 0 aliphatic carbocycles. The monoisotopic (exact) mass is 411 g/mol. The topological polar surface area (TPSA) is 112 Å². The molecule has 0 bridgehead atoms. The van der Waals surface area contributed by atoms with Gasteiger partial charge in [0, 0.05) is 18.7 Å². The molecule has 3 heterocycles. The van der Waals surface area contributed by atoms with Gasteiger partial charge in [-0.25, -0.2) is 4.98 Å². The van der Waals surface area contributed by atoms with Crippen molar-refractivity contribution in [2.75, 3.05) is 37.9 Å². The molecular weight excluding hydrogens is 382 g/mol. The molecule has 3 aromatic rings. The molecule has 160 valence electrons. The van der Waals surface area contributed by atoms with Crippen LogP contribution in [0.25, 0.3) is 11.0 Å². The summed E-state index contributed by atoms with van der Waals surface area (Å²) >= 11 is 0. The molecule has 0 spiro atoms. The SMILES string of the molecule is CCCCNc1nc(N)nc2cnn(Cc3ccc(CNC4COC4)cc3OC)c12. The molecule has 0 radical (unpaired) electrons. The van der Waals surface area contributed by atoms with Crippen molar-refractivity contribution in [2.45, 2.75) is 38.9 Å². The Hall–Kier alpha value is -2.91. The van der Waals surface area contributed by atoms with E-state index in [2.05, 4.69) is 50.8 Å². The summed E-state index contributed by atoms with van der Waals surface area (Å²) in [6, 6.07) is 6.72. The lowest BCUT2D eigenvalue weighted by molar-refractivity contribution is -0.00578. The number of nitrogens with zero attached hydrogens (tertiary/aromatic N) is 4. The van der Waals surface area contributed by atoms with Gasteiger partial charge in [-0.2, -0.15) is 10.1 Å². The van der Waals surface area contributed by atoms with E-state index in [1.807, 2.05) is 4.68 Å². The molecule has 2 aromatic heterocycles. The van der Waals surface area contributed by atoms with E-state index in [0.29, 0.717) is 18.4 Å². The fraction of sp³-hybridized carbons (Fsp3) is 0.476. The van der Waals surface area contributed by atoms with Crippen LogP contribution in [0.4, 0.5) is 11.8 Å². The number of hydrogen-bond donors (Lipinski definition) is 3. The predicted molar refractivity (Wildman–Crippen MR) is 117 cm³/mol. The number of benzene rings is 1. The van der Waals surface area contributed by atoms with Crippen molar-refractivity contribution in [3.63, 3.8) is 0 Å². The lowest BCUT2D eigenvalue weighted by Crippen LogP contribution is -2.45. The molecule has 0 saturated carbocycles. The van der Waals surface area contributed by atoms with Crippen molar-refractivity contribution in [1.82, 2.24) is 25.1 Å². The maximum absolute atomic E-state index is 5.88. The first kappa shape index (κ1) is 20.4. The van der Waals surface area contributed by atoms with Gasteiger partial charge in [0.25, 0.3) is 0 Å². The van der Waals surface area contributed by atoms with Gasteiger partial charge in [-0.1, -0.05) is 25.5 Å². The van der Waals surface area contributed by atoms with Crippen LogP contribution >= 0.6 is 0 Å². The number of hydrogen-bond acceptors (Lipinski definition) is 8. The zero-order valence-corrected chi connectivity index (χ0v) is 17.5. The third kappa shape index (κ3) is 4.47. The highest BCUT2D eigenvalue weighted by atomic mass is 16.5. The number of nitrogens with one attached hydrogen (secondary N) is 2. The summed E-state index contributed by atoms with van der Waals surface area (Å²) in [5.41, 5.74) is 9.66. The van der Waals surface area contributed by atoms with Gasteiger partial charge in [0.15, 0.2) is 5.82 Å². The summed E-state index contributed by atoms with van der Waals surface area (Å²) in [6.07, 6.45) is 3.88. The minimum absolute atomic E-state index is 0.243. The highest BCUT2D eigenvalue weighted by Gasteiger charge is 2.18. The number of fused-ring (bicyclic) bond motifs is 1. The highest BCUT2D eigenvalue weighted by molar-refractivity contribution is 5.86. The summed E-state index contributed by atoms with van der Waals surface area (Å²) in [6.45, 7) is 5.87. The van der Waals surface area contributed by atoms with Crippen LogP contribution in [0.1, 0.15) is 30.9 Å². The van der Waals surface area contributed by atoms with Crippen LogP contribution in [0.5, 0.6) is 5.75 Å². The van der Waals surface area contributed by atoms with Gasteiger partial charge in [-0.15, -0.1) is 0 Å². The van der Waals surface area contributed by atoms with Crippen LogP contribution in [0.3, 0.4) is 0 Å². The highest BCUT2D eigenvalue weighted by Crippen LogP contribution is 2.26. The molecule has 9 nitrogen and oxygen atoms in total. The van der Waals surface area contributed by atoms with Crippen molar-refractivity contribution in [3.05, 3.63) is 35.5 Å². The third-order valence-electron chi connectivity index (χ3n) is 5.23. The number of nitrogen functional groups attached to an aromatic ring is 1. The van der Waals surface area contributed by atoms with Crippen molar-refractivity contribution < 1.29 is 9.47 Å². The molecule has 9 heteroatoms. The molecule has 4 rings (SSSR count). The minimum atomic E-state index is 0.243. The second kappa shape index (κ2) is 9.27. The molecule has 4 N–H and O–H groups in total. The standard InChI is InChI=1S/C21H29N7O2/c1-3-4-7-23-20-19-17(26-21(22)27-20)10-25-28(19)11-15-6-5-14(8-18(15)29-2)9-24-16-12-30-13-16/h5-6,8,10,16,24H,3-4,7,9,11-13H2,1-2H3,(H3,22,23,26,27). The van der Waals surface area contributed by atoms with E-state index >= 15 is 0 Å². The number of anilines is 2. The van der Waals surface area contributed by atoms with Crippen molar-refractivity contribution >= 4 is 22.8 Å². The van der Waals surface area contributed by atoms with E-state index in [-0.39, 0.29) is 5.95 Å². The number of unbranched alkanes of at least 4 members (excludes halogenated alkanes) is 1. The Morgan fingerprint density at radius 2 is 2.17 bits per heavy atom. The van der Waals surface area contributed by atoms with Gasteiger partial charge >= 0.3 is 0 Å². The molecule has 1 aromatic carbocycles. The maximum Gasteiger partial charge on any atom is 0.222 e. The van der Waals surface area contributed by atoms with Gasteiger partial charge in [0.05, 0.1) is 39.1 Å². The van der Waals surface area contributed by atoms with Gasteiger partial charge in [-0.3, -0.25) is 4.68 Å². The minimum Gasteiger partial charge on any atom is -0.496 e. The van der Waals surface area contributed by atoms with Crippen LogP contribution < -0.4 is 21.1 Å². The Balaban J connectivity index is 1.56. The van der Waals surface area contributed by atoms with Crippen molar-refractivity contribution in [1.29, 1.82) is 0 Å². The molecule has 0 atom stereocenters. The van der Waals surface area contributed by atoms with E-state index in [1.54, 1.807) is 13.3 Å². The Morgan fingerprint density at radius 3 is 2.90 bits per heavy atom. The molecule has 0 amide bonds. The first-order valence-corrected chi connectivity index (χ1v) is 10.4. The zero-order valence-electron chi connectivity index (χ0n) is 17.5. The van der Waals surface area contributed by atoms with E-state index in [4.69, 9.17) is 15.2 Å². The summed E-state index contributed by atoms with van der Waals surface area (Å²) < 4.78 is 12.8.